The van der Waals surface area contributed by atoms with Crippen molar-refractivity contribution in [2.75, 3.05) is 10.6 Å². The van der Waals surface area contributed by atoms with E-state index < -0.39 is 0 Å². The highest BCUT2D eigenvalue weighted by molar-refractivity contribution is 6.30. The number of hydrogen-bond donors (Lipinski definition) is 2. The average Bonchev–Trinajstić information content (AvgIpc) is 2.57. The molecule has 2 aromatic heterocycles. The molecule has 2 N–H and O–H groups in total. The SMILES string of the molecule is Clc1ccc(Nc2cc(NCc3cccnc3)ncn2)cc1. The first-order chi connectivity index (χ1) is 10.8. The molecular formula is C16H14ClN5. The van der Waals surface area contributed by atoms with Crippen molar-refractivity contribution in [1.82, 2.24) is 15.0 Å². The van der Waals surface area contributed by atoms with E-state index in [0.29, 0.717) is 17.4 Å². The summed E-state index contributed by atoms with van der Waals surface area (Å²) in [6.07, 6.45) is 5.09. The molecule has 0 bridgehead atoms. The van der Waals surface area contributed by atoms with E-state index in [4.69, 9.17) is 11.6 Å². The number of nitrogens with zero attached hydrogens (tertiary/aromatic N) is 3. The summed E-state index contributed by atoms with van der Waals surface area (Å²) in [4.78, 5) is 12.5. The van der Waals surface area contributed by atoms with Gasteiger partial charge in [-0.25, -0.2) is 9.97 Å². The number of hydrogen-bond acceptors (Lipinski definition) is 5. The van der Waals surface area contributed by atoms with Crippen LogP contribution in [0.1, 0.15) is 5.56 Å². The summed E-state index contributed by atoms with van der Waals surface area (Å²) in [5, 5.41) is 7.15. The number of aromatic nitrogens is 3. The van der Waals surface area contributed by atoms with Gasteiger partial charge in [-0.15, -0.1) is 0 Å². The van der Waals surface area contributed by atoms with Crippen molar-refractivity contribution >= 4 is 28.9 Å². The monoisotopic (exact) mass is 311 g/mol. The highest BCUT2D eigenvalue weighted by atomic mass is 35.5. The lowest BCUT2D eigenvalue weighted by molar-refractivity contribution is 1.07. The second-order valence-corrected chi connectivity index (χ2v) is 5.07. The van der Waals surface area contributed by atoms with Gasteiger partial charge in [-0.2, -0.15) is 0 Å². The fourth-order valence-electron chi connectivity index (χ4n) is 1.90. The maximum absolute atomic E-state index is 5.87. The summed E-state index contributed by atoms with van der Waals surface area (Å²) in [5.74, 6) is 1.46. The predicted molar refractivity (Wildman–Crippen MR) is 88.3 cm³/mol. The number of nitrogens with one attached hydrogen (secondary N) is 2. The number of anilines is 3. The van der Waals surface area contributed by atoms with Crippen LogP contribution < -0.4 is 10.6 Å². The second kappa shape index (κ2) is 6.87. The van der Waals surface area contributed by atoms with Crippen LogP contribution >= 0.6 is 11.6 Å². The Balaban J connectivity index is 1.66. The van der Waals surface area contributed by atoms with Crippen LogP contribution in [-0.4, -0.2) is 15.0 Å². The van der Waals surface area contributed by atoms with Gasteiger partial charge < -0.3 is 10.6 Å². The van der Waals surface area contributed by atoms with Crippen LogP contribution in [0.2, 0.25) is 5.02 Å². The van der Waals surface area contributed by atoms with E-state index in [1.807, 2.05) is 48.7 Å². The first kappa shape index (κ1) is 14.3. The molecule has 0 aliphatic rings. The first-order valence-corrected chi connectivity index (χ1v) is 7.15. The molecule has 3 aromatic rings. The van der Waals surface area contributed by atoms with E-state index in [-0.39, 0.29) is 0 Å². The van der Waals surface area contributed by atoms with Crippen molar-refractivity contribution in [2.24, 2.45) is 0 Å². The molecule has 2 heterocycles. The van der Waals surface area contributed by atoms with Gasteiger partial charge in [-0.1, -0.05) is 17.7 Å². The highest BCUT2D eigenvalue weighted by Gasteiger charge is 2.00. The van der Waals surface area contributed by atoms with Gasteiger partial charge in [0.15, 0.2) is 0 Å². The predicted octanol–water partition coefficient (Wildman–Crippen LogP) is 3.88. The fourth-order valence-corrected chi connectivity index (χ4v) is 2.02. The molecule has 3 rings (SSSR count). The standard InChI is InChI=1S/C16H14ClN5/c17-13-3-5-14(6-4-13)22-16-8-15(20-11-21-16)19-10-12-2-1-7-18-9-12/h1-9,11H,10H2,(H2,19,20,21,22). The van der Waals surface area contributed by atoms with Crippen molar-refractivity contribution in [3.05, 3.63) is 71.8 Å². The number of halogens is 1. The molecule has 0 saturated heterocycles. The first-order valence-electron chi connectivity index (χ1n) is 6.77. The molecule has 0 amide bonds. The molecule has 0 spiro atoms. The summed E-state index contributed by atoms with van der Waals surface area (Å²) >= 11 is 5.87. The van der Waals surface area contributed by atoms with Crippen molar-refractivity contribution < 1.29 is 0 Å². The van der Waals surface area contributed by atoms with Crippen molar-refractivity contribution in [3.8, 4) is 0 Å². The normalized spacial score (nSPS) is 10.2. The number of pyridine rings is 1. The zero-order valence-corrected chi connectivity index (χ0v) is 12.5. The van der Waals surface area contributed by atoms with E-state index in [0.717, 1.165) is 17.1 Å². The summed E-state index contributed by atoms with van der Waals surface area (Å²) in [7, 11) is 0. The largest absolute Gasteiger partial charge is 0.366 e. The van der Waals surface area contributed by atoms with Gasteiger partial charge in [-0.3, -0.25) is 4.98 Å². The van der Waals surface area contributed by atoms with Gasteiger partial charge in [0.2, 0.25) is 0 Å². The number of rotatable bonds is 5. The molecule has 110 valence electrons. The van der Waals surface area contributed by atoms with E-state index in [1.54, 1.807) is 6.20 Å². The molecular weight excluding hydrogens is 298 g/mol. The van der Waals surface area contributed by atoms with Crippen molar-refractivity contribution in [1.29, 1.82) is 0 Å². The van der Waals surface area contributed by atoms with Gasteiger partial charge in [-0.05, 0) is 35.9 Å². The summed E-state index contributed by atoms with van der Waals surface area (Å²) in [6.45, 7) is 0.658. The number of benzene rings is 1. The van der Waals surface area contributed by atoms with Gasteiger partial charge in [0.1, 0.15) is 18.0 Å². The third kappa shape index (κ3) is 3.93. The molecule has 0 fully saturated rings. The van der Waals surface area contributed by atoms with Crippen LogP contribution in [-0.2, 0) is 6.54 Å². The Morgan fingerprint density at radius 3 is 2.59 bits per heavy atom. The average molecular weight is 312 g/mol. The van der Waals surface area contributed by atoms with Gasteiger partial charge in [0.05, 0.1) is 0 Å². The zero-order chi connectivity index (χ0) is 15.2. The third-order valence-corrected chi connectivity index (χ3v) is 3.23. The van der Waals surface area contributed by atoms with Crippen molar-refractivity contribution in [2.45, 2.75) is 6.54 Å². The van der Waals surface area contributed by atoms with Crippen LogP contribution in [0.15, 0.2) is 61.2 Å². The quantitative estimate of drug-likeness (QED) is 0.748. The molecule has 0 saturated carbocycles. The lowest BCUT2D eigenvalue weighted by Gasteiger charge is -2.08. The van der Waals surface area contributed by atoms with E-state index in [2.05, 4.69) is 25.6 Å². The summed E-state index contributed by atoms with van der Waals surface area (Å²) in [6, 6.07) is 13.2. The Labute approximate surface area is 133 Å². The zero-order valence-electron chi connectivity index (χ0n) is 11.7. The molecule has 6 heteroatoms. The molecule has 0 atom stereocenters. The maximum Gasteiger partial charge on any atom is 0.135 e. The molecule has 22 heavy (non-hydrogen) atoms. The lowest BCUT2D eigenvalue weighted by atomic mass is 10.3. The van der Waals surface area contributed by atoms with E-state index in [9.17, 15) is 0 Å². The fraction of sp³-hybridized carbons (Fsp3) is 0.0625. The highest BCUT2D eigenvalue weighted by Crippen LogP contribution is 2.18. The van der Waals surface area contributed by atoms with Crippen LogP contribution in [0.5, 0.6) is 0 Å². The maximum atomic E-state index is 5.87. The molecule has 1 aromatic carbocycles. The Kier molecular flexibility index (Phi) is 4.46. The topological polar surface area (TPSA) is 62.7 Å². The van der Waals surface area contributed by atoms with Gasteiger partial charge in [0, 0.05) is 35.7 Å². The molecule has 0 aliphatic heterocycles. The smallest absolute Gasteiger partial charge is 0.135 e. The van der Waals surface area contributed by atoms with E-state index >= 15 is 0 Å². The molecule has 5 nitrogen and oxygen atoms in total. The summed E-state index contributed by atoms with van der Waals surface area (Å²) in [5.41, 5.74) is 2.01. The molecule has 0 unspecified atom stereocenters. The Hall–Kier alpha value is -2.66. The van der Waals surface area contributed by atoms with Crippen molar-refractivity contribution in [3.63, 3.8) is 0 Å². The van der Waals surface area contributed by atoms with Crippen LogP contribution in [0.4, 0.5) is 17.3 Å². The Bertz CT molecular complexity index is 731. The van der Waals surface area contributed by atoms with Crippen LogP contribution in [0.3, 0.4) is 0 Å². The molecule has 0 radical (unpaired) electrons. The Morgan fingerprint density at radius 2 is 1.82 bits per heavy atom. The van der Waals surface area contributed by atoms with Crippen LogP contribution in [0, 0.1) is 0 Å². The molecule has 0 aliphatic carbocycles. The minimum absolute atomic E-state index is 0.658. The lowest BCUT2D eigenvalue weighted by Crippen LogP contribution is -2.03. The van der Waals surface area contributed by atoms with Gasteiger partial charge in [0.25, 0.3) is 0 Å². The Morgan fingerprint density at radius 1 is 1.00 bits per heavy atom. The second-order valence-electron chi connectivity index (χ2n) is 4.64. The summed E-state index contributed by atoms with van der Waals surface area (Å²) < 4.78 is 0. The third-order valence-electron chi connectivity index (χ3n) is 2.98. The minimum Gasteiger partial charge on any atom is -0.366 e. The minimum atomic E-state index is 0.658. The van der Waals surface area contributed by atoms with E-state index in [1.165, 1.54) is 6.33 Å². The van der Waals surface area contributed by atoms with Gasteiger partial charge >= 0.3 is 0 Å². The van der Waals surface area contributed by atoms with Crippen LogP contribution in [0.25, 0.3) is 0 Å².